The zero-order valence-corrected chi connectivity index (χ0v) is 18.3. The maximum absolute atomic E-state index is 13.2. The van der Waals surface area contributed by atoms with Gasteiger partial charge in [-0.3, -0.25) is 9.59 Å². The monoisotopic (exact) mass is 429 g/mol. The van der Waals surface area contributed by atoms with Gasteiger partial charge in [-0.25, -0.2) is 4.98 Å². The van der Waals surface area contributed by atoms with Crippen molar-refractivity contribution in [3.63, 3.8) is 0 Å². The lowest BCUT2D eigenvalue weighted by atomic mass is 9.98. The Morgan fingerprint density at radius 2 is 1.55 bits per heavy atom. The van der Waals surface area contributed by atoms with Gasteiger partial charge in [0.1, 0.15) is 0 Å². The van der Waals surface area contributed by atoms with Gasteiger partial charge in [0.25, 0.3) is 0 Å². The van der Waals surface area contributed by atoms with Crippen LogP contribution in [0.2, 0.25) is 0 Å². The number of aromatic nitrogens is 1. The number of Topliss-reactive ketones (excluding diaryl/α,β-unsaturated/α-hetero) is 1. The highest BCUT2D eigenvalue weighted by Gasteiger charge is 2.26. The van der Waals surface area contributed by atoms with Gasteiger partial charge in [-0.2, -0.15) is 0 Å². The molecule has 4 aromatic rings. The molecule has 4 rings (SSSR count). The average molecular weight is 430 g/mol. The summed E-state index contributed by atoms with van der Waals surface area (Å²) >= 11 is 1.57. The van der Waals surface area contributed by atoms with E-state index in [2.05, 4.69) is 4.98 Å². The van der Waals surface area contributed by atoms with Crippen molar-refractivity contribution in [2.24, 2.45) is 0 Å². The van der Waals surface area contributed by atoms with Crippen molar-refractivity contribution in [2.45, 2.75) is 32.8 Å². The molecule has 3 aromatic carbocycles. The van der Waals surface area contributed by atoms with Crippen molar-refractivity contribution in [1.29, 1.82) is 0 Å². The summed E-state index contributed by atoms with van der Waals surface area (Å²) in [5, 5.41) is 0.884. The third kappa shape index (κ3) is 5.06. The van der Waals surface area contributed by atoms with Gasteiger partial charge in [0.15, 0.2) is 6.10 Å². The Kier molecular flexibility index (Phi) is 6.23. The molecule has 1 heterocycles. The minimum atomic E-state index is -0.967. The van der Waals surface area contributed by atoms with Crippen molar-refractivity contribution in [3.05, 3.63) is 100 Å². The number of hydrogen-bond donors (Lipinski definition) is 0. The van der Waals surface area contributed by atoms with E-state index >= 15 is 0 Å². The Morgan fingerprint density at radius 1 is 0.903 bits per heavy atom. The van der Waals surface area contributed by atoms with E-state index in [1.807, 2.05) is 74.5 Å². The maximum atomic E-state index is 13.2. The number of esters is 1. The third-order valence-electron chi connectivity index (χ3n) is 5.08. The molecule has 0 bridgehead atoms. The van der Waals surface area contributed by atoms with Gasteiger partial charge in [0.05, 0.1) is 21.6 Å². The first-order valence-corrected chi connectivity index (χ1v) is 11.0. The van der Waals surface area contributed by atoms with Crippen LogP contribution >= 0.6 is 11.3 Å². The number of benzene rings is 3. The van der Waals surface area contributed by atoms with Crippen LogP contribution in [0.4, 0.5) is 0 Å². The number of hydrogen-bond acceptors (Lipinski definition) is 5. The number of ether oxygens (including phenoxy) is 1. The van der Waals surface area contributed by atoms with Crippen molar-refractivity contribution >= 4 is 33.3 Å². The molecule has 0 fully saturated rings. The molecule has 4 nitrogen and oxygen atoms in total. The summed E-state index contributed by atoms with van der Waals surface area (Å²) in [5.41, 5.74) is 4.27. The molecule has 0 radical (unpaired) electrons. The van der Waals surface area contributed by atoms with Crippen LogP contribution in [0, 0.1) is 13.8 Å². The molecule has 0 amide bonds. The number of nitrogens with zero attached hydrogens (tertiary/aromatic N) is 1. The van der Waals surface area contributed by atoms with Crippen LogP contribution in [0.1, 0.15) is 44.6 Å². The van der Waals surface area contributed by atoms with Crippen LogP contribution in [-0.2, 0) is 16.0 Å². The van der Waals surface area contributed by atoms with Gasteiger partial charge < -0.3 is 4.74 Å². The second-order valence-corrected chi connectivity index (χ2v) is 8.70. The van der Waals surface area contributed by atoms with Gasteiger partial charge in [0, 0.05) is 17.5 Å². The molecule has 0 spiro atoms. The quantitative estimate of drug-likeness (QED) is 0.266. The first-order chi connectivity index (χ1) is 15.0. The minimum absolute atomic E-state index is 0.170. The molecule has 31 heavy (non-hydrogen) atoms. The zero-order chi connectivity index (χ0) is 21.8. The van der Waals surface area contributed by atoms with E-state index in [1.54, 1.807) is 23.5 Å². The fourth-order valence-corrected chi connectivity index (χ4v) is 4.28. The summed E-state index contributed by atoms with van der Waals surface area (Å²) in [6.07, 6.45) is -0.313. The Balaban J connectivity index is 1.50. The molecule has 156 valence electrons. The summed E-state index contributed by atoms with van der Waals surface area (Å²) < 4.78 is 6.80. The van der Waals surface area contributed by atoms with E-state index < -0.39 is 12.1 Å². The zero-order valence-electron chi connectivity index (χ0n) is 17.5. The maximum Gasteiger partial charge on any atom is 0.307 e. The summed E-state index contributed by atoms with van der Waals surface area (Å²) in [5.74, 6) is -0.637. The highest BCUT2D eigenvalue weighted by atomic mass is 32.1. The molecule has 0 saturated carbocycles. The van der Waals surface area contributed by atoms with E-state index in [4.69, 9.17) is 4.74 Å². The van der Waals surface area contributed by atoms with Crippen LogP contribution in [0.15, 0.2) is 72.8 Å². The van der Waals surface area contributed by atoms with E-state index in [9.17, 15) is 9.59 Å². The van der Waals surface area contributed by atoms with E-state index in [0.717, 1.165) is 26.4 Å². The molecule has 5 heteroatoms. The summed E-state index contributed by atoms with van der Waals surface area (Å²) in [6.45, 7) is 3.94. The highest BCUT2D eigenvalue weighted by Crippen LogP contribution is 2.26. The lowest BCUT2D eigenvalue weighted by molar-refractivity contribution is -0.147. The molecule has 0 aliphatic carbocycles. The van der Waals surface area contributed by atoms with Crippen LogP contribution < -0.4 is 0 Å². The number of fused-ring (bicyclic) bond motifs is 1. The first-order valence-electron chi connectivity index (χ1n) is 10.2. The Hall–Kier alpha value is -3.31. The number of para-hydroxylation sites is 1. The predicted molar refractivity (Wildman–Crippen MR) is 123 cm³/mol. The normalized spacial score (nSPS) is 11.9. The fourth-order valence-electron chi connectivity index (χ4n) is 3.31. The number of carbonyl (C=O) groups is 2. The average Bonchev–Trinajstić information content (AvgIpc) is 3.20. The molecule has 1 atom stereocenters. The largest absolute Gasteiger partial charge is 0.449 e. The lowest BCUT2D eigenvalue weighted by Gasteiger charge is -2.18. The Labute approximate surface area is 185 Å². The molecule has 0 aliphatic rings. The lowest BCUT2D eigenvalue weighted by Crippen LogP contribution is -2.20. The number of ketones is 1. The predicted octanol–water partition coefficient (Wildman–Crippen LogP) is 6.01. The van der Waals surface area contributed by atoms with Crippen molar-refractivity contribution in [3.8, 4) is 0 Å². The van der Waals surface area contributed by atoms with Crippen LogP contribution in [0.3, 0.4) is 0 Å². The molecule has 1 aromatic heterocycles. The smallest absolute Gasteiger partial charge is 0.307 e. The molecular weight excluding hydrogens is 406 g/mol. The van der Waals surface area contributed by atoms with Gasteiger partial charge in [-0.1, -0.05) is 71.8 Å². The van der Waals surface area contributed by atoms with Crippen molar-refractivity contribution in [2.75, 3.05) is 0 Å². The number of aryl methyl sites for hydroxylation is 3. The van der Waals surface area contributed by atoms with Crippen LogP contribution in [-0.4, -0.2) is 16.7 Å². The van der Waals surface area contributed by atoms with Gasteiger partial charge >= 0.3 is 5.97 Å². The fraction of sp³-hybridized carbons (Fsp3) is 0.192. The van der Waals surface area contributed by atoms with Crippen LogP contribution in [0.25, 0.3) is 10.2 Å². The molecule has 0 N–H and O–H groups in total. The number of rotatable bonds is 7. The molecule has 0 aliphatic heterocycles. The SMILES string of the molecule is Cc1ccc(C(=O)C(OC(=O)CCc2nc3ccccc3s2)c2ccc(C)cc2)cc1. The van der Waals surface area contributed by atoms with Gasteiger partial charge in [-0.05, 0) is 26.0 Å². The second-order valence-electron chi connectivity index (χ2n) is 7.59. The van der Waals surface area contributed by atoms with Gasteiger partial charge in [0.2, 0.25) is 5.78 Å². The minimum Gasteiger partial charge on any atom is -0.449 e. The van der Waals surface area contributed by atoms with E-state index in [-0.39, 0.29) is 12.2 Å². The molecule has 1 unspecified atom stereocenters. The molecular formula is C26H23NO3S. The summed E-state index contributed by atoms with van der Waals surface area (Å²) in [6, 6.07) is 22.7. The van der Waals surface area contributed by atoms with E-state index in [0.29, 0.717) is 17.5 Å². The van der Waals surface area contributed by atoms with Crippen LogP contribution in [0.5, 0.6) is 0 Å². The standard InChI is InChI=1S/C26H23NO3S/c1-17-7-11-19(12-8-17)25(29)26(20-13-9-18(2)10-14-20)30-24(28)16-15-23-27-21-5-3-4-6-22(21)31-23/h3-14,26H,15-16H2,1-2H3. The summed E-state index contributed by atoms with van der Waals surface area (Å²) in [4.78, 5) is 30.4. The van der Waals surface area contributed by atoms with Crippen molar-refractivity contribution < 1.29 is 14.3 Å². The summed E-state index contributed by atoms with van der Waals surface area (Å²) in [7, 11) is 0. The number of carbonyl (C=O) groups excluding carboxylic acids is 2. The van der Waals surface area contributed by atoms with E-state index in [1.165, 1.54) is 0 Å². The third-order valence-corrected chi connectivity index (χ3v) is 6.18. The van der Waals surface area contributed by atoms with Crippen molar-refractivity contribution in [1.82, 2.24) is 4.98 Å². The second kappa shape index (κ2) is 9.23. The molecule has 0 saturated heterocycles. The van der Waals surface area contributed by atoms with Gasteiger partial charge in [-0.15, -0.1) is 11.3 Å². The topological polar surface area (TPSA) is 56.3 Å². The number of thiazole rings is 1. The highest BCUT2D eigenvalue weighted by molar-refractivity contribution is 7.18. The Bertz CT molecular complexity index is 1180. The Morgan fingerprint density at radius 3 is 2.23 bits per heavy atom. The first kappa shape index (κ1) is 20.9.